The molecule has 0 atom stereocenters. The normalized spacial score (nSPS) is 24.0. The molecule has 2 aromatic rings. The summed E-state index contributed by atoms with van der Waals surface area (Å²) in [5.41, 5.74) is -5.27. The summed E-state index contributed by atoms with van der Waals surface area (Å²) in [6.07, 6.45) is -10.2. The summed E-state index contributed by atoms with van der Waals surface area (Å²) in [5, 5.41) is 2.44. The van der Waals surface area contributed by atoms with Gasteiger partial charge in [0.25, 0.3) is 15.9 Å². The Balaban J connectivity index is 1.61. The smallest absolute Gasteiger partial charge is 0.416 e. The molecule has 3 saturated carbocycles. The number of ether oxygens (including phenoxy) is 1. The Hall–Kier alpha value is -2.96. The number of methoxy groups -OCH3 is 1. The molecule has 0 saturated heterocycles. The van der Waals surface area contributed by atoms with Crippen LogP contribution >= 0.6 is 0 Å². The number of anilines is 1. The van der Waals surface area contributed by atoms with E-state index in [1.807, 2.05) is 4.72 Å². The lowest BCUT2D eigenvalue weighted by atomic mass is 9.39. The van der Waals surface area contributed by atoms with Crippen LogP contribution in [0.3, 0.4) is 0 Å². The fourth-order valence-corrected chi connectivity index (χ4v) is 5.56. The van der Waals surface area contributed by atoms with Gasteiger partial charge >= 0.3 is 12.4 Å². The van der Waals surface area contributed by atoms with Gasteiger partial charge in [-0.25, -0.2) is 8.42 Å². The largest absolute Gasteiger partial charge is 0.497 e. The summed E-state index contributed by atoms with van der Waals surface area (Å²) in [7, 11) is -3.05. The van der Waals surface area contributed by atoms with Crippen LogP contribution in [-0.2, 0) is 16.2 Å². The maximum absolute atomic E-state index is 13.2. The van der Waals surface area contributed by atoms with Crippen molar-refractivity contribution in [3.05, 3.63) is 53.6 Å². The molecule has 184 valence electrons. The van der Waals surface area contributed by atoms with E-state index in [2.05, 4.69) is 5.32 Å². The molecule has 0 heterocycles. The van der Waals surface area contributed by atoms with Gasteiger partial charge in [-0.05, 0) is 61.7 Å². The molecule has 0 unspecified atom stereocenters. The highest BCUT2D eigenvalue weighted by molar-refractivity contribution is 7.92. The van der Waals surface area contributed by atoms with Gasteiger partial charge in [-0.2, -0.15) is 26.3 Å². The number of hydrogen-bond acceptors (Lipinski definition) is 4. The van der Waals surface area contributed by atoms with Crippen LogP contribution < -0.4 is 14.8 Å². The second-order valence-corrected chi connectivity index (χ2v) is 10.3. The van der Waals surface area contributed by atoms with E-state index >= 15 is 0 Å². The number of rotatable bonds is 6. The summed E-state index contributed by atoms with van der Waals surface area (Å²) in [6.45, 7) is 0. The van der Waals surface area contributed by atoms with Crippen LogP contribution in [0.1, 0.15) is 35.2 Å². The van der Waals surface area contributed by atoms with Crippen molar-refractivity contribution in [3.63, 3.8) is 0 Å². The molecule has 0 radical (unpaired) electrons. The fourth-order valence-electron chi connectivity index (χ4n) is 4.49. The minimum absolute atomic E-state index is 0.302. The molecule has 2 N–H and O–H groups in total. The maximum Gasteiger partial charge on any atom is 0.416 e. The van der Waals surface area contributed by atoms with E-state index in [0.717, 1.165) is 18.2 Å². The molecule has 5 rings (SSSR count). The van der Waals surface area contributed by atoms with Gasteiger partial charge in [-0.3, -0.25) is 9.52 Å². The highest BCUT2D eigenvalue weighted by Gasteiger charge is 2.79. The van der Waals surface area contributed by atoms with Gasteiger partial charge in [0.05, 0.1) is 34.2 Å². The van der Waals surface area contributed by atoms with E-state index in [0.29, 0.717) is 17.9 Å². The van der Waals surface area contributed by atoms with Crippen molar-refractivity contribution in [3.8, 4) is 5.75 Å². The van der Waals surface area contributed by atoms with Crippen molar-refractivity contribution in [2.24, 2.45) is 5.41 Å². The van der Waals surface area contributed by atoms with Crippen molar-refractivity contribution in [1.29, 1.82) is 0 Å². The van der Waals surface area contributed by atoms with E-state index in [4.69, 9.17) is 4.74 Å². The predicted octanol–water partition coefficient (Wildman–Crippen LogP) is 4.73. The minimum Gasteiger partial charge on any atom is -0.497 e. The first-order valence-electron chi connectivity index (χ1n) is 9.87. The summed E-state index contributed by atoms with van der Waals surface area (Å²) in [4.78, 5) is 12.5. The molecular weight excluding hydrogens is 490 g/mol. The highest BCUT2D eigenvalue weighted by atomic mass is 32.2. The second-order valence-electron chi connectivity index (χ2n) is 8.58. The van der Waals surface area contributed by atoms with Crippen LogP contribution in [-0.4, -0.2) is 33.1 Å². The third-order valence-corrected chi connectivity index (χ3v) is 7.60. The Kier molecular flexibility index (Phi) is 5.35. The number of benzene rings is 2. The number of carbonyl (C=O) groups excluding carboxylic acids is 1. The van der Waals surface area contributed by atoms with Crippen molar-refractivity contribution in [2.45, 2.75) is 42.0 Å². The number of nitrogens with one attached hydrogen (secondary N) is 2. The van der Waals surface area contributed by atoms with Crippen LogP contribution in [0.5, 0.6) is 5.75 Å². The molecule has 13 heteroatoms. The average Bonchev–Trinajstić information content (AvgIpc) is 2.67. The standard InChI is InChI=1S/C21H18F6N2O4S/c1-33-13-3-5-14(6-4-13)34(31,32)29-16-8-12(20(22,23)24)2-7-15(16)17(30)28-19-9-18(10-19,11-19)21(25,26)27/h2-8,29H,9-11H2,1H3,(H,28,30). The summed E-state index contributed by atoms with van der Waals surface area (Å²) in [6, 6.07) is 6.82. The van der Waals surface area contributed by atoms with Gasteiger partial charge in [-0.15, -0.1) is 0 Å². The third kappa shape index (κ3) is 4.05. The zero-order valence-electron chi connectivity index (χ0n) is 17.5. The fraction of sp³-hybridized carbons (Fsp3) is 0.381. The Bertz CT molecular complexity index is 1220. The number of sulfonamides is 1. The first kappa shape index (κ1) is 24.2. The van der Waals surface area contributed by atoms with Crippen LogP contribution in [0.25, 0.3) is 0 Å². The number of alkyl halides is 6. The van der Waals surface area contributed by atoms with Crippen molar-refractivity contribution in [1.82, 2.24) is 5.32 Å². The number of hydrogen-bond donors (Lipinski definition) is 2. The Labute approximate surface area is 190 Å². The summed E-state index contributed by atoms with van der Waals surface area (Å²) >= 11 is 0. The molecule has 2 aromatic carbocycles. The molecule has 2 bridgehead atoms. The molecule has 3 aliphatic rings. The van der Waals surface area contributed by atoms with Gasteiger partial charge in [0, 0.05) is 5.54 Å². The van der Waals surface area contributed by atoms with E-state index in [-0.39, 0.29) is 24.2 Å². The Morgan fingerprint density at radius 1 is 0.971 bits per heavy atom. The quantitative estimate of drug-likeness (QED) is 0.553. The number of halogens is 6. The zero-order valence-corrected chi connectivity index (χ0v) is 18.3. The molecule has 3 fully saturated rings. The van der Waals surface area contributed by atoms with Crippen LogP contribution in [0, 0.1) is 5.41 Å². The number of carbonyl (C=O) groups is 1. The SMILES string of the molecule is COc1ccc(S(=O)(=O)Nc2cc(C(F)(F)F)ccc2C(=O)NC23CC(C(F)(F)F)(C2)C3)cc1. The molecule has 6 nitrogen and oxygen atoms in total. The van der Waals surface area contributed by atoms with Crippen LogP contribution in [0.4, 0.5) is 32.0 Å². The van der Waals surface area contributed by atoms with E-state index in [1.54, 1.807) is 0 Å². The summed E-state index contributed by atoms with van der Waals surface area (Å²) in [5.74, 6) is -0.634. The third-order valence-electron chi connectivity index (χ3n) is 6.22. The average molecular weight is 508 g/mol. The molecule has 34 heavy (non-hydrogen) atoms. The van der Waals surface area contributed by atoms with Crippen LogP contribution in [0.15, 0.2) is 47.4 Å². The van der Waals surface area contributed by atoms with Gasteiger partial charge in [0.2, 0.25) is 0 Å². The predicted molar refractivity (Wildman–Crippen MR) is 108 cm³/mol. The van der Waals surface area contributed by atoms with Crippen molar-refractivity contribution >= 4 is 21.6 Å². The molecule has 0 aromatic heterocycles. The molecular formula is C21H18F6N2O4S. The monoisotopic (exact) mass is 508 g/mol. The lowest BCUT2D eigenvalue weighted by molar-refractivity contribution is -0.336. The first-order chi connectivity index (χ1) is 15.6. The van der Waals surface area contributed by atoms with Gasteiger partial charge in [-0.1, -0.05) is 0 Å². The Morgan fingerprint density at radius 2 is 1.56 bits per heavy atom. The zero-order chi connectivity index (χ0) is 25.2. The first-order valence-corrected chi connectivity index (χ1v) is 11.4. The summed E-state index contributed by atoms with van der Waals surface area (Å²) < 4.78 is 111. The van der Waals surface area contributed by atoms with Crippen molar-refractivity contribution < 1.29 is 44.3 Å². The molecule has 0 spiro atoms. The lowest BCUT2D eigenvalue weighted by Crippen LogP contribution is -2.78. The maximum atomic E-state index is 13.2. The van der Waals surface area contributed by atoms with E-state index in [9.17, 15) is 39.6 Å². The van der Waals surface area contributed by atoms with E-state index in [1.165, 1.54) is 19.2 Å². The molecule has 0 aliphatic heterocycles. The van der Waals surface area contributed by atoms with Crippen molar-refractivity contribution in [2.75, 3.05) is 11.8 Å². The Morgan fingerprint density at radius 3 is 2.06 bits per heavy atom. The van der Waals surface area contributed by atoms with Gasteiger partial charge in [0.15, 0.2) is 0 Å². The topological polar surface area (TPSA) is 84.5 Å². The number of amides is 1. The van der Waals surface area contributed by atoms with E-state index < -0.39 is 56.1 Å². The van der Waals surface area contributed by atoms with Crippen LogP contribution in [0.2, 0.25) is 0 Å². The molecule has 1 amide bonds. The lowest BCUT2D eigenvalue weighted by Gasteiger charge is -2.70. The molecule has 3 aliphatic carbocycles. The highest BCUT2D eigenvalue weighted by Crippen LogP contribution is 2.73. The van der Waals surface area contributed by atoms with Gasteiger partial charge < -0.3 is 10.1 Å². The minimum atomic E-state index is -4.83. The second kappa shape index (κ2) is 7.52. The van der Waals surface area contributed by atoms with Gasteiger partial charge in [0.1, 0.15) is 5.75 Å².